The van der Waals surface area contributed by atoms with Crippen molar-refractivity contribution in [1.29, 1.82) is 0 Å². The molecule has 2 nitrogen and oxygen atoms in total. The van der Waals surface area contributed by atoms with Gasteiger partial charge in [-0.1, -0.05) is 26.7 Å². The Kier molecular flexibility index (Phi) is 4.66. The van der Waals surface area contributed by atoms with Crippen LogP contribution in [0.1, 0.15) is 46.0 Å². The van der Waals surface area contributed by atoms with Crippen LogP contribution in [0.2, 0.25) is 0 Å². The van der Waals surface area contributed by atoms with Gasteiger partial charge in [-0.3, -0.25) is 0 Å². The van der Waals surface area contributed by atoms with E-state index in [1.165, 1.54) is 51.7 Å². The quantitative estimate of drug-likeness (QED) is 0.789. The summed E-state index contributed by atoms with van der Waals surface area (Å²) < 4.78 is 0. The molecular weight excluding hydrogens is 196 g/mol. The van der Waals surface area contributed by atoms with Crippen LogP contribution in [0.4, 0.5) is 0 Å². The Morgan fingerprint density at radius 2 is 1.94 bits per heavy atom. The molecule has 1 N–H and O–H groups in total. The van der Waals surface area contributed by atoms with Crippen molar-refractivity contribution in [3.63, 3.8) is 0 Å². The summed E-state index contributed by atoms with van der Waals surface area (Å²) in [6, 6.07) is 0.746. The first-order valence-electron chi connectivity index (χ1n) is 7.23. The normalized spacial score (nSPS) is 33.4. The summed E-state index contributed by atoms with van der Waals surface area (Å²) in [6.45, 7) is 9.74. The van der Waals surface area contributed by atoms with Crippen molar-refractivity contribution >= 4 is 0 Å². The highest BCUT2D eigenvalue weighted by Gasteiger charge is 2.26. The lowest BCUT2D eigenvalue weighted by Gasteiger charge is -2.38. The predicted molar refractivity (Wildman–Crippen MR) is 69.6 cm³/mol. The van der Waals surface area contributed by atoms with Gasteiger partial charge in [0.15, 0.2) is 0 Å². The smallest absolute Gasteiger partial charge is 0.0197 e. The van der Waals surface area contributed by atoms with E-state index in [2.05, 4.69) is 24.1 Å². The third-order valence-electron chi connectivity index (χ3n) is 4.22. The minimum atomic E-state index is 0.746. The Bertz CT molecular complexity index is 199. The lowest BCUT2D eigenvalue weighted by molar-refractivity contribution is 0.131. The summed E-state index contributed by atoms with van der Waals surface area (Å²) in [6.07, 6.45) is 7.29. The summed E-state index contributed by atoms with van der Waals surface area (Å²) in [5.41, 5.74) is 0. The Hall–Kier alpha value is -0.0800. The van der Waals surface area contributed by atoms with E-state index in [1.807, 2.05) is 0 Å². The van der Waals surface area contributed by atoms with Crippen LogP contribution in [0.3, 0.4) is 0 Å². The number of nitrogens with zero attached hydrogens (tertiary/aromatic N) is 1. The number of likely N-dealkylation sites (tertiary alicyclic amines) is 1. The van der Waals surface area contributed by atoms with E-state index in [9.17, 15) is 0 Å². The Morgan fingerprint density at radius 3 is 2.62 bits per heavy atom. The number of rotatable bonds is 4. The molecule has 0 aromatic carbocycles. The molecule has 1 saturated carbocycles. The molecule has 2 aliphatic rings. The molecule has 0 radical (unpaired) electrons. The molecule has 2 atom stereocenters. The summed E-state index contributed by atoms with van der Waals surface area (Å²) in [4.78, 5) is 2.72. The van der Waals surface area contributed by atoms with E-state index in [-0.39, 0.29) is 0 Å². The molecule has 2 fully saturated rings. The standard InChI is InChI=1S/C14H28N2/c1-3-15-14-8-12(2)9-16(11-14)10-13-6-4-5-7-13/h12-15H,3-11H2,1-2H3. The first kappa shape index (κ1) is 12.4. The van der Waals surface area contributed by atoms with Crippen molar-refractivity contribution in [1.82, 2.24) is 10.2 Å². The van der Waals surface area contributed by atoms with E-state index < -0.39 is 0 Å². The zero-order valence-corrected chi connectivity index (χ0v) is 11.0. The van der Waals surface area contributed by atoms with Crippen molar-refractivity contribution in [3.05, 3.63) is 0 Å². The van der Waals surface area contributed by atoms with Crippen molar-refractivity contribution in [2.75, 3.05) is 26.2 Å². The van der Waals surface area contributed by atoms with E-state index in [4.69, 9.17) is 0 Å². The lowest BCUT2D eigenvalue weighted by Crippen LogP contribution is -2.49. The van der Waals surface area contributed by atoms with Gasteiger partial charge in [-0.25, -0.2) is 0 Å². The van der Waals surface area contributed by atoms with Crippen LogP contribution in [0.25, 0.3) is 0 Å². The Balaban J connectivity index is 1.78. The fourth-order valence-corrected chi connectivity index (χ4v) is 3.61. The third kappa shape index (κ3) is 3.46. The van der Waals surface area contributed by atoms with Crippen LogP contribution in [0.15, 0.2) is 0 Å². The molecular formula is C14H28N2. The second-order valence-corrected chi connectivity index (χ2v) is 5.96. The molecule has 2 heteroatoms. The van der Waals surface area contributed by atoms with Crippen molar-refractivity contribution in [2.24, 2.45) is 11.8 Å². The van der Waals surface area contributed by atoms with Gasteiger partial charge in [0, 0.05) is 25.7 Å². The fraction of sp³-hybridized carbons (Fsp3) is 1.00. The van der Waals surface area contributed by atoms with Gasteiger partial charge >= 0.3 is 0 Å². The topological polar surface area (TPSA) is 15.3 Å². The van der Waals surface area contributed by atoms with Crippen molar-refractivity contribution in [3.8, 4) is 0 Å². The summed E-state index contributed by atoms with van der Waals surface area (Å²) >= 11 is 0. The molecule has 1 heterocycles. The minimum absolute atomic E-state index is 0.746. The molecule has 0 aromatic rings. The monoisotopic (exact) mass is 224 g/mol. The molecule has 1 aliphatic heterocycles. The number of hydrogen-bond acceptors (Lipinski definition) is 2. The second-order valence-electron chi connectivity index (χ2n) is 5.96. The van der Waals surface area contributed by atoms with Gasteiger partial charge in [0.25, 0.3) is 0 Å². The lowest BCUT2D eigenvalue weighted by atomic mass is 9.94. The van der Waals surface area contributed by atoms with Gasteiger partial charge in [-0.05, 0) is 37.6 Å². The second kappa shape index (κ2) is 6.02. The first-order valence-corrected chi connectivity index (χ1v) is 7.23. The highest BCUT2D eigenvalue weighted by Crippen LogP contribution is 2.27. The largest absolute Gasteiger partial charge is 0.313 e. The van der Waals surface area contributed by atoms with E-state index >= 15 is 0 Å². The summed E-state index contributed by atoms with van der Waals surface area (Å²) in [7, 11) is 0. The van der Waals surface area contributed by atoms with E-state index in [0.717, 1.165) is 24.4 Å². The van der Waals surface area contributed by atoms with Gasteiger partial charge in [0.05, 0.1) is 0 Å². The molecule has 2 rings (SSSR count). The first-order chi connectivity index (χ1) is 7.78. The SMILES string of the molecule is CCNC1CC(C)CN(CC2CCCC2)C1. The zero-order valence-electron chi connectivity index (χ0n) is 11.0. The number of piperidine rings is 1. The highest BCUT2D eigenvalue weighted by molar-refractivity contribution is 4.83. The van der Waals surface area contributed by atoms with Gasteiger partial charge in [-0.15, -0.1) is 0 Å². The average molecular weight is 224 g/mol. The van der Waals surface area contributed by atoms with Crippen LogP contribution in [-0.4, -0.2) is 37.1 Å². The molecule has 0 spiro atoms. The fourth-order valence-electron chi connectivity index (χ4n) is 3.61. The Morgan fingerprint density at radius 1 is 1.19 bits per heavy atom. The molecule has 16 heavy (non-hydrogen) atoms. The van der Waals surface area contributed by atoms with Gasteiger partial charge < -0.3 is 10.2 Å². The van der Waals surface area contributed by atoms with Gasteiger partial charge in [0.1, 0.15) is 0 Å². The summed E-state index contributed by atoms with van der Waals surface area (Å²) in [5, 5.41) is 3.63. The van der Waals surface area contributed by atoms with Crippen molar-refractivity contribution in [2.45, 2.75) is 52.0 Å². The Labute approximate surface area is 101 Å². The van der Waals surface area contributed by atoms with Crippen LogP contribution in [-0.2, 0) is 0 Å². The number of likely N-dealkylation sites (N-methyl/N-ethyl adjacent to an activating group) is 1. The van der Waals surface area contributed by atoms with Crippen LogP contribution in [0.5, 0.6) is 0 Å². The predicted octanol–water partition coefficient (Wildman–Crippen LogP) is 2.50. The van der Waals surface area contributed by atoms with Gasteiger partial charge in [0.2, 0.25) is 0 Å². The van der Waals surface area contributed by atoms with Gasteiger partial charge in [-0.2, -0.15) is 0 Å². The molecule has 2 unspecified atom stereocenters. The zero-order chi connectivity index (χ0) is 11.4. The van der Waals surface area contributed by atoms with Crippen LogP contribution in [0, 0.1) is 11.8 Å². The number of nitrogens with one attached hydrogen (secondary N) is 1. The van der Waals surface area contributed by atoms with Crippen molar-refractivity contribution < 1.29 is 0 Å². The molecule has 94 valence electrons. The molecule has 1 aliphatic carbocycles. The van der Waals surface area contributed by atoms with Crippen LogP contribution < -0.4 is 5.32 Å². The maximum atomic E-state index is 3.63. The number of hydrogen-bond donors (Lipinski definition) is 1. The molecule has 0 amide bonds. The highest BCUT2D eigenvalue weighted by atomic mass is 15.2. The third-order valence-corrected chi connectivity index (χ3v) is 4.22. The molecule has 0 bridgehead atoms. The maximum absolute atomic E-state index is 3.63. The minimum Gasteiger partial charge on any atom is -0.313 e. The summed E-state index contributed by atoms with van der Waals surface area (Å²) in [5.74, 6) is 1.88. The maximum Gasteiger partial charge on any atom is 0.0197 e. The average Bonchev–Trinajstić information content (AvgIpc) is 2.70. The van der Waals surface area contributed by atoms with Crippen LogP contribution >= 0.6 is 0 Å². The molecule has 1 saturated heterocycles. The molecule has 0 aromatic heterocycles. The van der Waals surface area contributed by atoms with E-state index in [0.29, 0.717) is 0 Å². The van der Waals surface area contributed by atoms with E-state index in [1.54, 1.807) is 0 Å².